The number of sulfonamides is 1. The number of nitrogens with one attached hydrogen (secondary N) is 1. The number of hydrogen-bond acceptors (Lipinski definition) is 6. The SMILES string of the molecule is CCN(CC)S(=O)(=O)c1ccc2c(c1)CCN2CCC(=O)Nc1cccc([N+](=O)[O-])c1C. The van der Waals surface area contributed by atoms with Crippen LogP contribution in [0.4, 0.5) is 17.1 Å². The predicted octanol–water partition coefficient (Wildman–Crippen LogP) is 3.33. The average Bonchev–Trinajstić information content (AvgIpc) is 3.16. The Bertz CT molecular complexity index is 1130. The van der Waals surface area contributed by atoms with Crippen LogP contribution in [0, 0.1) is 17.0 Å². The van der Waals surface area contributed by atoms with E-state index in [4.69, 9.17) is 0 Å². The Morgan fingerprint density at radius 2 is 1.94 bits per heavy atom. The van der Waals surface area contributed by atoms with Crippen molar-refractivity contribution in [3.8, 4) is 0 Å². The molecule has 1 aliphatic heterocycles. The Balaban J connectivity index is 1.66. The quantitative estimate of drug-likeness (QED) is 0.454. The van der Waals surface area contributed by atoms with Crippen LogP contribution >= 0.6 is 0 Å². The van der Waals surface area contributed by atoms with Gasteiger partial charge in [0, 0.05) is 44.4 Å². The van der Waals surface area contributed by atoms with Crippen molar-refractivity contribution >= 4 is 33.0 Å². The number of amides is 1. The minimum absolute atomic E-state index is 0.0354. The summed E-state index contributed by atoms with van der Waals surface area (Å²) in [6.45, 7) is 7.24. The van der Waals surface area contributed by atoms with E-state index in [1.54, 1.807) is 37.3 Å². The molecule has 0 fully saturated rings. The molecule has 10 heteroatoms. The number of fused-ring (bicyclic) bond motifs is 1. The van der Waals surface area contributed by atoms with Crippen molar-refractivity contribution in [2.24, 2.45) is 0 Å². The number of carbonyl (C=O) groups is 1. The maximum atomic E-state index is 12.8. The Hall–Kier alpha value is -2.98. The van der Waals surface area contributed by atoms with Crippen molar-refractivity contribution in [1.29, 1.82) is 0 Å². The summed E-state index contributed by atoms with van der Waals surface area (Å²) in [5.41, 5.74) is 2.69. The average molecular weight is 461 g/mol. The lowest BCUT2D eigenvalue weighted by atomic mass is 10.1. The first-order valence-electron chi connectivity index (χ1n) is 10.6. The van der Waals surface area contributed by atoms with Gasteiger partial charge in [0.2, 0.25) is 15.9 Å². The smallest absolute Gasteiger partial charge is 0.274 e. The van der Waals surface area contributed by atoms with E-state index in [2.05, 4.69) is 10.2 Å². The van der Waals surface area contributed by atoms with E-state index in [9.17, 15) is 23.3 Å². The van der Waals surface area contributed by atoms with E-state index in [1.165, 1.54) is 10.4 Å². The van der Waals surface area contributed by atoms with Gasteiger partial charge in [0.1, 0.15) is 0 Å². The topological polar surface area (TPSA) is 113 Å². The van der Waals surface area contributed by atoms with Crippen LogP contribution in [-0.4, -0.2) is 49.7 Å². The molecule has 1 aliphatic rings. The molecule has 0 aromatic heterocycles. The number of nitro benzene ring substituents is 1. The molecular weight excluding hydrogens is 432 g/mol. The molecule has 9 nitrogen and oxygen atoms in total. The first kappa shape index (κ1) is 23.7. The molecule has 3 rings (SSSR count). The van der Waals surface area contributed by atoms with Crippen molar-refractivity contribution < 1.29 is 18.1 Å². The molecule has 2 aromatic carbocycles. The largest absolute Gasteiger partial charge is 0.370 e. The first-order valence-corrected chi connectivity index (χ1v) is 12.0. The van der Waals surface area contributed by atoms with E-state index < -0.39 is 14.9 Å². The normalized spacial score (nSPS) is 13.3. The highest BCUT2D eigenvalue weighted by molar-refractivity contribution is 7.89. The Kier molecular flexibility index (Phi) is 7.15. The molecule has 172 valence electrons. The molecule has 0 saturated carbocycles. The van der Waals surface area contributed by atoms with Gasteiger partial charge < -0.3 is 10.2 Å². The van der Waals surface area contributed by atoms with Gasteiger partial charge in [-0.25, -0.2) is 8.42 Å². The lowest BCUT2D eigenvalue weighted by Crippen LogP contribution is -2.30. The first-order chi connectivity index (χ1) is 15.2. The summed E-state index contributed by atoms with van der Waals surface area (Å²) in [5, 5.41) is 13.8. The zero-order valence-electron chi connectivity index (χ0n) is 18.5. The summed E-state index contributed by atoms with van der Waals surface area (Å²) in [6.07, 6.45) is 0.920. The van der Waals surface area contributed by atoms with Gasteiger partial charge in [-0.15, -0.1) is 0 Å². The fraction of sp³-hybridized carbons (Fsp3) is 0.409. The van der Waals surface area contributed by atoms with Gasteiger partial charge >= 0.3 is 0 Å². The van der Waals surface area contributed by atoms with E-state index >= 15 is 0 Å². The molecule has 0 spiro atoms. The van der Waals surface area contributed by atoms with Crippen LogP contribution in [0.2, 0.25) is 0 Å². The minimum Gasteiger partial charge on any atom is -0.370 e. The highest BCUT2D eigenvalue weighted by Crippen LogP contribution is 2.31. The van der Waals surface area contributed by atoms with Gasteiger partial charge in [-0.1, -0.05) is 19.9 Å². The highest BCUT2D eigenvalue weighted by atomic mass is 32.2. The highest BCUT2D eigenvalue weighted by Gasteiger charge is 2.26. The molecule has 0 atom stereocenters. The molecule has 0 saturated heterocycles. The molecule has 1 N–H and O–H groups in total. The van der Waals surface area contributed by atoms with Gasteiger partial charge in [-0.3, -0.25) is 14.9 Å². The Morgan fingerprint density at radius 1 is 1.22 bits per heavy atom. The number of rotatable bonds is 9. The third-order valence-electron chi connectivity index (χ3n) is 5.77. The van der Waals surface area contributed by atoms with Gasteiger partial charge in [-0.05, 0) is 43.2 Å². The van der Waals surface area contributed by atoms with E-state index in [0.717, 1.165) is 11.3 Å². The summed E-state index contributed by atoms with van der Waals surface area (Å²) in [5.74, 6) is -0.234. The van der Waals surface area contributed by atoms with Crippen LogP contribution in [0.1, 0.15) is 31.4 Å². The molecule has 0 bridgehead atoms. The van der Waals surface area contributed by atoms with Crippen molar-refractivity contribution in [3.63, 3.8) is 0 Å². The maximum Gasteiger partial charge on any atom is 0.274 e. The molecule has 1 amide bonds. The Labute approximate surface area is 188 Å². The molecule has 0 radical (unpaired) electrons. The molecule has 0 aliphatic carbocycles. The number of nitro groups is 1. The van der Waals surface area contributed by atoms with Gasteiger partial charge in [0.05, 0.1) is 21.1 Å². The van der Waals surface area contributed by atoms with Crippen molar-refractivity contribution in [1.82, 2.24) is 4.31 Å². The monoisotopic (exact) mass is 460 g/mol. The number of benzene rings is 2. The second-order valence-corrected chi connectivity index (χ2v) is 9.56. The van der Waals surface area contributed by atoms with Crippen LogP contribution < -0.4 is 10.2 Å². The van der Waals surface area contributed by atoms with Crippen molar-refractivity contribution in [2.75, 3.05) is 36.4 Å². The molecule has 2 aromatic rings. The maximum absolute atomic E-state index is 12.8. The summed E-state index contributed by atoms with van der Waals surface area (Å²) in [7, 11) is -3.51. The molecule has 0 unspecified atom stereocenters. The minimum atomic E-state index is -3.51. The number of anilines is 2. The predicted molar refractivity (Wildman–Crippen MR) is 124 cm³/mol. The van der Waals surface area contributed by atoms with E-state index in [-0.39, 0.29) is 18.0 Å². The number of nitrogens with zero attached hydrogens (tertiary/aromatic N) is 3. The van der Waals surface area contributed by atoms with E-state index in [1.807, 2.05) is 13.8 Å². The van der Waals surface area contributed by atoms with E-state index in [0.29, 0.717) is 48.7 Å². The zero-order chi connectivity index (χ0) is 23.5. The third kappa shape index (κ3) is 4.76. The summed E-state index contributed by atoms with van der Waals surface area (Å²) < 4.78 is 27.0. The number of hydrogen-bond donors (Lipinski definition) is 1. The van der Waals surface area contributed by atoms with Crippen molar-refractivity contribution in [3.05, 3.63) is 57.6 Å². The van der Waals surface area contributed by atoms with Crippen LogP contribution in [-0.2, 0) is 21.2 Å². The third-order valence-corrected chi connectivity index (χ3v) is 7.82. The Morgan fingerprint density at radius 3 is 2.59 bits per heavy atom. The summed E-state index contributed by atoms with van der Waals surface area (Å²) in [6, 6.07) is 9.75. The van der Waals surface area contributed by atoms with Crippen LogP contribution in [0.15, 0.2) is 41.3 Å². The fourth-order valence-electron chi connectivity index (χ4n) is 3.96. The lowest BCUT2D eigenvalue weighted by molar-refractivity contribution is -0.385. The van der Waals surface area contributed by atoms with Gasteiger partial charge in [-0.2, -0.15) is 4.31 Å². The van der Waals surface area contributed by atoms with Crippen molar-refractivity contribution in [2.45, 2.75) is 38.5 Å². The molecular formula is C22H28N4O5S. The second-order valence-electron chi connectivity index (χ2n) is 7.62. The van der Waals surface area contributed by atoms with Crippen LogP contribution in [0.25, 0.3) is 0 Å². The molecule has 32 heavy (non-hydrogen) atoms. The zero-order valence-corrected chi connectivity index (χ0v) is 19.3. The fourth-order valence-corrected chi connectivity index (χ4v) is 5.47. The standard InChI is InChI=1S/C22H28N4O5S/c1-4-25(5-2)32(30,31)18-9-10-21-17(15-18)11-13-24(21)14-12-22(27)23-19-7-6-8-20(16(19)3)26(28)29/h6-10,15H,4-5,11-14H2,1-3H3,(H,23,27). The lowest BCUT2D eigenvalue weighted by Gasteiger charge is -2.21. The van der Waals surface area contributed by atoms with Crippen LogP contribution in [0.3, 0.4) is 0 Å². The summed E-state index contributed by atoms with van der Waals surface area (Å²) >= 11 is 0. The van der Waals surface area contributed by atoms with Gasteiger partial charge in [0.15, 0.2) is 0 Å². The molecule has 1 heterocycles. The van der Waals surface area contributed by atoms with Crippen LogP contribution in [0.5, 0.6) is 0 Å². The van der Waals surface area contributed by atoms with Gasteiger partial charge in [0.25, 0.3) is 5.69 Å². The summed E-state index contributed by atoms with van der Waals surface area (Å²) in [4.78, 5) is 25.4. The number of carbonyl (C=O) groups excluding carboxylic acids is 1. The second kappa shape index (κ2) is 9.66.